The third kappa shape index (κ3) is 1.73. The van der Waals surface area contributed by atoms with Crippen LogP contribution >= 0.6 is 0 Å². The monoisotopic (exact) mass is 192 g/mol. The fourth-order valence-corrected chi connectivity index (χ4v) is 1.90. The lowest BCUT2D eigenvalue weighted by Gasteiger charge is -2.04. The molecule has 0 aliphatic heterocycles. The van der Waals surface area contributed by atoms with Crippen LogP contribution in [0.5, 0.6) is 5.88 Å². The van der Waals surface area contributed by atoms with Gasteiger partial charge in [-0.25, -0.2) is 4.98 Å². The Morgan fingerprint density at radius 2 is 2.36 bits per heavy atom. The van der Waals surface area contributed by atoms with Crippen molar-refractivity contribution >= 4 is 0 Å². The molecule has 3 heteroatoms. The Hall–Kier alpha value is -1.09. The minimum Gasteiger partial charge on any atom is -0.481 e. The van der Waals surface area contributed by atoms with Crippen LogP contribution in [0.2, 0.25) is 0 Å². The van der Waals surface area contributed by atoms with Crippen molar-refractivity contribution in [3.05, 3.63) is 23.4 Å². The van der Waals surface area contributed by atoms with E-state index in [2.05, 4.69) is 11.1 Å². The van der Waals surface area contributed by atoms with Gasteiger partial charge in [0.15, 0.2) is 0 Å². The third-order valence-electron chi connectivity index (χ3n) is 2.81. The number of nitrogens with two attached hydrogens (primary N) is 1. The number of pyridine rings is 1. The normalized spacial score (nSPS) is 24.8. The number of nitrogens with zero attached hydrogens (tertiary/aromatic N) is 1. The van der Waals surface area contributed by atoms with Gasteiger partial charge < -0.3 is 10.5 Å². The Morgan fingerprint density at radius 1 is 1.57 bits per heavy atom. The van der Waals surface area contributed by atoms with Gasteiger partial charge >= 0.3 is 0 Å². The summed E-state index contributed by atoms with van der Waals surface area (Å²) in [6.45, 7) is 2.78. The smallest absolute Gasteiger partial charge is 0.213 e. The molecule has 1 aliphatic rings. The van der Waals surface area contributed by atoms with Gasteiger partial charge in [-0.3, -0.25) is 0 Å². The second-order valence-electron chi connectivity index (χ2n) is 3.92. The summed E-state index contributed by atoms with van der Waals surface area (Å²) in [5.41, 5.74) is 7.96. The molecule has 1 aromatic heterocycles. The van der Waals surface area contributed by atoms with Crippen molar-refractivity contribution < 1.29 is 4.74 Å². The zero-order valence-electron chi connectivity index (χ0n) is 8.66. The predicted molar refractivity (Wildman–Crippen MR) is 55.4 cm³/mol. The Labute approximate surface area is 84.3 Å². The molecular formula is C11H16N2O. The van der Waals surface area contributed by atoms with E-state index in [1.165, 1.54) is 12.0 Å². The molecule has 1 aromatic rings. The first kappa shape index (κ1) is 9.46. The van der Waals surface area contributed by atoms with Crippen LogP contribution in [0.3, 0.4) is 0 Å². The molecule has 2 atom stereocenters. The molecule has 0 spiro atoms. The first-order chi connectivity index (χ1) is 6.74. The van der Waals surface area contributed by atoms with E-state index in [0.29, 0.717) is 17.7 Å². The molecule has 1 fully saturated rings. The molecule has 2 rings (SSSR count). The Bertz CT molecular complexity index is 338. The molecule has 0 aromatic carbocycles. The van der Waals surface area contributed by atoms with E-state index < -0.39 is 0 Å². The number of ether oxygens (including phenoxy) is 1. The lowest BCUT2D eigenvalue weighted by atomic mass is 10.1. The van der Waals surface area contributed by atoms with Crippen LogP contribution < -0.4 is 10.5 Å². The molecule has 3 nitrogen and oxygen atoms in total. The molecule has 0 amide bonds. The van der Waals surface area contributed by atoms with Crippen LogP contribution in [-0.4, -0.2) is 18.6 Å². The van der Waals surface area contributed by atoms with Gasteiger partial charge in [0, 0.05) is 11.8 Å². The van der Waals surface area contributed by atoms with Gasteiger partial charge in [0.2, 0.25) is 5.88 Å². The molecule has 1 heterocycles. The van der Waals surface area contributed by atoms with E-state index in [9.17, 15) is 0 Å². The summed E-state index contributed by atoms with van der Waals surface area (Å²) in [5, 5.41) is 0. The van der Waals surface area contributed by atoms with E-state index >= 15 is 0 Å². The number of hydrogen-bond acceptors (Lipinski definition) is 3. The first-order valence-electron chi connectivity index (χ1n) is 4.97. The average Bonchev–Trinajstić information content (AvgIpc) is 2.95. The summed E-state index contributed by atoms with van der Waals surface area (Å²) in [4.78, 5) is 4.26. The van der Waals surface area contributed by atoms with Crippen LogP contribution in [0.4, 0.5) is 0 Å². The number of hydrogen-bond donors (Lipinski definition) is 1. The fraction of sp³-hybridized carbons (Fsp3) is 0.545. The van der Waals surface area contributed by atoms with Gasteiger partial charge in [0.05, 0.1) is 7.11 Å². The van der Waals surface area contributed by atoms with Crippen LogP contribution in [0, 0.1) is 12.8 Å². The quantitative estimate of drug-likeness (QED) is 0.788. The van der Waals surface area contributed by atoms with Crippen LogP contribution in [0.15, 0.2) is 12.1 Å². The van der Waals surface area contributed by atoms with Crippen molar-refractivity contribution in [2.45, 2.75) is 19.3 Å². The number of rotatable bonds is 3. The van der Waals surface area contributed by atoms with Crippen LogP contribution in [0.1, 0.15) is 23.6 Å². The fourth-order valence-electron chi connectivity index (χ4n) is 1.90. The minimum atomic E-state index is 0.635. The standard InChI is InChI=1S/C11H16N2O/c1-7-3-8(5-11(13-7)14-2)10-4-9(10)6-12/h3,5,9-10H,4,6,12H2,1-2H3/t9-,10-/m0/s1. The summed E-state index contributed by atoms with van der Waals surface area (Å²) in [6.07, 6.45) is 1.21. The highest BCUT2D eigenvalue weighted by Gasteiger charge is 2.37. The maximum absolute atomic E-state index is 5.62. The second kappa shape index (κ2) is 3.58. The van der Waals surface area contributed by atoms with Crippen LogP contribution in [-0.2, 0) is 0 Å². The summed E-state index contributed by atoms with van der Waals surface area (Å²) >= 11 is 0. The van der Waals surface area contributed by atoms with E-state index in [1.807, 2.05) is 13.0 Å². The van der Waals surface area contributed by atoms with Gasteiger partial charge in [-0.15, -0.1) is 0 Å². The summed E-state index contributed by atoms with van der Waals surface area (Å²) in [7, 11) is 1.65. The highest BCUT2D eigenvalue weighted by Crippen LogP contribution is 2.47. The molecule has 0 bridgehead atoms. The highest BCUT2D eigenvalue weighted by molar-refractivity contribution is 5.31. The van der Waals surface area contributed by atoms with E-state index in [-0.39, 0.29) is 0 Å². The molecule has 14 heavy (non-hydrogen) atoms. The predicted octanol–water partition coefficient (Wildman–Crippen LogP) is 1.46. The second-order valence-corrected chi connectivity index (χ2v) is 3.92. The molecule has 76 valence electrons. The third-order valence-corrected chi connectivity index (χ3v) is 2.81. The van der Waals surface area contributed by atoms with Gasteiger partial charge in [0.1, 0.15) is 0 Å². The van der Waals surface area contributed by atoms with E-state index in [4.69, 9.17) is 10.5 Å². The molecule has 2 N–H and O–H groups in total. The van der Waals surface area contributed by atoms with Gasteiger partial charge in [-0.2, -0.15) is 0 Å². The summed E-state index contributed by atoms with van der Waals surface area (Å²) in [6, 6.07) is 4.15. The van der Waals surface area contributed by atoms with E-state index in [1.54, 1.807) is 7.11 Å². The highest BCUT2D eigenvalue weighted by atomic mass is 16.5. The summed E-state index contributed by atoms with van der Waals surface area (Å²) < 4.78 is 5.14. The molecule has 0 saturated heterocycles. The zero-order chi connectivity index (χ0) is 10.1. The van der Waals surface area contributed by atoms with Gasteiger partial charge in [0.25, 0.3) is 0 Å². The molecule has 1 saturated carbocycles. The van der Waals surface area contributed by atoms with Crippen molar-refractivity contribution in [1.29, 1.82) is 0 Å². The molecule has 0 unspecified atom stereocenters. The molecular weight excluding hydrogens is 176 g/mol. The summed E-state index contributed by atoms with van der Waals surface area (Å²) in [5.74, 6) is 2.01. The van der Waals surface area contributed by atoms with E-state index in [0.717, 1.165) is 12.2 Å². The topological polar surface area (TPSA) is 48.1 Å². The lowest BCUT2D eigenvalue weighted by Crippen LogP contribution is -2.02. The van der Waals surface area contributed by atoms with Gasteiger partial charge in [-0.05, 0) is 43.4 Å². The maximum atomic E-state index is 5.62. The molecule has 0 radical (unpaired) electrons. The van der Waals surface area contributed by atoms with Crippen molar-refractivity contribution in [1.82, 2.24) is 4.98 Å². The lowest BCUT2D eigenvalue weighted by molar-refractivity contribution is 0.396. The first-order valence-corrected chi connectivity index (χ1v) is 4.97. The Balaban J connectivity index is 2.22. The number of methoxy groups -OCH3 is 1. The largest absolute Gasteiger partial charge is 0.481 e. The van der Waals surface area contributed by atoms with Crippen molar-refractivity contribution in [3.8, 4) is 5.88 Å². The van der Waals surface area contributed by atoms with Crippen LogP contribution in [0.25, 0.3) is 0 Å². The van der Waals surface area contributed by atoms with Crippen molar-refractivity contribution in [2.24, 2.45) is 11.7 Å². The number of aromatic nitrogens is 1. The SMILES string of the molecule is COc1cc([C@@H]2C[C@H]2CN)cc(C)n1. The Morgan fingerprint density at radius 3 is 2.93 bits per heavy atom. The zero-order valence-corrected chi connectivity index (χ0v) is 8.66. The average molecular weight is 192 g/mol. The van der Waals surface area contributed by atoms with Crippen molar-refractivity contribution in [3.63, 3.8) is 0 Å². The molecule has 1 aliphatic carbocycles. The maximum Gasteiger partial charge on any atom is 0.213 e. The minimum absolute atomic E-state index is 0.635. The van der Waals surface area contributed by atoms with Crippen molar-refractivity contribution in [2.75, 3.05) is 13.7 Å². The number of aryl methyl sites for hydroxylation is 1. The van der Waals surface area contributed by atoms with Gasteiger partial charge in [-0.1, -0.05) is 0 Å². The Kier molecular flexibility index (Phi) is 2.42.